The Balaban J connectivity index is 2.78. The van der Waals surface area contributed by atoms with Crippen LogP contribution in [0.15, 0.2) is 24.3 Å². The van der Waals surface area contributed by atoms with Crippen molar-refractivity contribution in [2.24, 2.45) is 5.73 Å². The lowest BCUT2D eigenvalue weighted by molar-refractivity contribution is 0.100. The van der Waals surface area contributed by atoms with Crippen molar-refractivity contribution in [1.29, 1.82) is 0 Å². The first-order valence-electron chi connectivity index (χ1n) is 3.87. The Kier molecular flexibility index (Phi) is 3.24. The summed E-state index contributed by atoms with van der Waals surface area (Å²) in [6.45, 7) is 2.14. The SMILES string of the molecule is CCPc1ccc(C(N)=O)cc1. The van der Waals surface area contributed by atoms with Crippen molar-refractivity contribution in [2.75, 3.05) is 6.16 Å². The third-order valence-corrected chi connectivity index (χ3v) is 2.65. The maximum Gasteiger partial charge on any atom is 0.248 e. The molecular weight excluding hydrogens is 169 g/mol. The molecule has 0 saturated carbocycles. The molecule has 0 saturated heterocycles. The van der Waals surface area contributed by atoms with Crippen LogP contribution < -0.4 is 11.0 Å². The number of nitrogens with two attached hydrogens (primary N) is 1. The molecule has 64 valence electrons. The smallest absolute Gasteiger partial charge is 0.248 e. The molecule has 0 bridgehead atoms. The topological polar surface area (TPSA) is 43.1 Å². The lowest BCUT2D eigenvalue weighted by Gasteiger charge is -1.99. The normalized spacial score (nSPS) is 10.8. The van der Waals surface area contributed by atoms with Gasteiger partial charge in [-0.2, -0.15) is 0 Å². The van der Waals surface area contributed by atoms with Gasteiger partial charge in [0.2, 0.25) is 5.91 Å². The monoisotopic (exact) mass is 181 g/mol. The van der Waals surface area contributed by atoms with E-state index in [2.05, 4.69) is 6.92 Å². The zero-order valence-electron chi connectivity index (χ0n) is 7.00. The molecular formula is C9H12NOP. The lowest BCUT2D eigenvalue weighted by atomic mass is 10.2. The highest BCUT2D eigenvalue weighted by atomic mass is 31.1. The van der Waals surface area contributed by atoms with Crippen LogP contribution in [0.3, 0.4) is 0 Å². The molecule has 1 aromatic carbocycles. The second-order valence-electron chi connectivity index (χ2n) is 2.47. The van der Waals surface area contributed by atoms with Gasteiger partial charge in [-0.25, -0.2) is 0 Å². The molecule has 0 aromatic heterocycles. The minimum absolute atomic E-state index is 0.360. The van der Waals surface area contributed by atoms with Gasteiger partial charge in [-0.05, 0) is 23.6 Å². The average Bonchev–Trinajstić information content (AvgIpc) is 2.06. The molecule has 0 radical (unpaired) electrons. The van der Waals surface area contributed by atoms with E-state index in [1.807, 2.05) is 12.1 Å². The summed E-state index contributed by atoms with van der Waals surface area (Å²) in [5.74, 6) is -0.360. The van der Waals surface area contributed by atoms with Crippen molar-refractivity contribution in [3.8, 4) is 0 Å². The summed E-state index contributed by atoms with van der Waals surface area (Å²) in [6.07, 6.45) is 1.15. The summed E-state index contributed by atoms with van der Waals surface area (Å²) in [4.78, 5) is 10.7. The number of carbonyl (C=O) groups excluding carboxylic acids is 1. The van der Waals surface area contributed by atoms with Crippen LogP contribution in [-0.4, -0.2) is 12.1 Å². The van der Waals surface area contributed by atoms with E-state index in [1.165, 1.54) is 5.30 Å². The van der Waals surface area contributed by atoms with E-state index >= 15 is 0 Å². The highest BCUT2D eigenvalue weighted by Crippen LogP contribution is 2.09. The zero-order valence-corrected chi connectivity index (χ0v) is 8.00. The lowest BCUT2D eigenvalue weighted by Crippen LogP contribution is -2.11. The van der Waals surface area contributed by atoms with E-state index < -0.39 is 0 Å². The molecule has 0 aliphatic carbocycles. The van der Waals surface area contributed by atoms with Crippen LogP contribution in [-0.2, 0) is 0 Å². The third-order valence-electron chi connectivity index (χ3n) is 1.55. The maximum atomic E-state index is 10.7. The Bertz CT molecular complexity index is 268. The molecule has 12 heavy (non-hydrogen) atoms. The Morgan fingerprint density at radius 1 is 1.42 bits per heavy atom. The molecule has 2 nitrogen and oxygen atoms in total. The molecule has 1 amide bonds. The number of primary amides is 1. The molecule has 0 spiro atoms. The number of hydrogen-bond acceptors (Lipinski definition) is 1. The van der Waals surface area contributed by atoms with Crippen LogP contribution in [0.25, 0.3) is 0 Å². The minimum Gasteiger partial charge on any atom is -0.366 e. The van der Waals surface area contributed by atoms with Gasteiger partial charge < -0.3 is 5.73 Å². The van der Waals surface area contributed by atoms with Crippen molar-refractivity contribution in [3.05, 3.63) is 29.8 Å². The molecule has 0 aliphatic rings. The average molecular weight is 181 g/mol. The van der Waals surface area contributed by atoms with E-state index in [0.717, 1.165) is 14.7 Å². The van der Waals surface area contributed by atoms with Gasteiger partial charge in [0.1, 0.15) is 0 Å². The predicted molar refractivity (Wildman–Crippen MR) is 53.4 cm³/mol. The van der Waals surface area contributed by atoms with Gasteiger partial charge in [-0.1, -0.05) is 27.6 Å². The molecule has 0 heterocycles. The first-order chi connectivity index (χ1) is 5.74. The van der Waals surface area contributed by atoms with E-state index in [1.54, 1.807) is 12.1 Å². The van der Waals surface area contributed by atoms with Gasteiger partial charge in [0.05, 0.1) is 0 Å². The van der Waals surface area contributed by atoms with Crippen LogP contribution >= 0.6 is 8.58 Å². The Morgan fingerprint density at radius 3 is 2.42 bits per heavy atom. The van der Waals surface area contributed by atoms with Gasteiger partial charge in [-0.3, -0.25) is 4.79 Å². The predicted octanol–water partition coefficient (Wildman–Crippen LogP) is 1.11. The second-order valence-corrected chi connectivity index (χ2v) is 4.11. The number of hydrogen-bond donors (Lipinski definition) is 1. The van der Waals surface area contributed by atoms with E-state index in [9.17, 15) is 4.79 Å². The second kappa shape index (κ2) is 4.22. The van der Waals surface area contributed by atoms with E-state index in [0.29, 0.717) is 5.56 Å². The largest absolute Gasteiger partial charge is 0.366 e. The summed E-state index contributed by atoms with van der Waals surface area (Å²) in [6, 6.07) is 7.48. The van der Waals surface area contributed by atoms with E-state index in [4.69, 9.17) is 5.73 Å². The Labute approximate surface area is 73.9 Å². The number of benzene rings is 1. The van der Waals surface area contributed by atoms with E-state index in [-0.39, 0.29) is 5.91 Å². The first-order valence-corrected chi connectivity index (χ1v) is 5.08. The fourth-order valence-corrected chi connectivity index (χ4v) is 1.77. The van der Waals surface area contributed by atoms with Crippen LogP contribution in [0.5, 0.6) is 0 Å². The van der Waals surface area contributed by atoms with Crippen molar-refractivity contribution in [1.82, 2.24) is 0 Å². The van der Waals surface area contributed by atoms with Crippen molar-refractivity contribution in [3.63, 3.8) is 0 Å². The van der Waals surface area contributed by atoms with Crippen LogP contribution in [0.2, 0.25) is 0 Å². The van der Waals surface area contributed by atoms with Crippen LogP contribution in [0.4, 0.5) is 0 Å². The first kappa shape index (κ1) is 9.21. The van der Waals surface area contributed by atoms with Crippen molar-refractivity contribution in [2.45, 2.75) is 6.92 Å². The third kappa shape index (κ3) is 2.31. The van der Waals surface area contributed by atoms with Crippen LogP contribution in [0, 0.1) is 0 Å². The molecule has 3 heteroatoms. The van der Waals surface area contributed by atoms with Gasteiger partial charge in [0.15, 0.2) is 0 Å². The van der Waals surface area contributed by atoms with Gasteiger partial charge in [0, 0.05) is 5.56 Å². The fraction of sp³-hybridized carbons (Fsp3) is 0.222. The van der Waals surface area contributed by atoms with Gasteiger partial charge in [0.25, 0.3) is 0 Å². The van der Waals surface area contributed by atoms with Gasteiger partial charge >= 0.3 is 0 Å². The molecule has 1 aromatic rings. The van der Waals surface area contributed by atoms with Crippen LogP contribution in [0.1, 0.15) is 17.3 Å². The number of amides is 1. The molecule has 1 rings (SSSR count). The highest BCUT2D eigenvalue weighted by molar-refractivity contribution is 7.47. The molecule has 1 atom stereocenters. The van der Waals surface area contributed by atoms with Gasteiger partial charge in [-0.15, -0.1) is 0 Å². The quantitative estimate of drug-likeness (QED) is 0.697. The highest BCUT2D eigenvalue weighted by Gasteiger charge is 1.98. The fourth-order valence-electron chi connectivity index (χ4n) is 0.956. The molecule has 2 N–H and O–H groups in total. The summed E-state index contributed by atoms with van der Waals surface area (Å²) in [5.41, 5.74) is 5.68. The van der Waals surface area contributed by atoms with Crippen molar-refractivity contribution >= 4 is 19.8 Å². The number of rotatable bonds is 3. The zero-order chi connectivity index (χ0) is 8.97. The van der Waals surface area contributed by atoms with Crippen molar-refractivity contribution < 1.29 is 4.79 Å². The molecule has 1 unspecified atom stereocenters. The molecule has 0 aliphatic heterocycles. The molecule has 0 fully saturated rings. The standard InChI is InChI=1S/C9H12NOP/c1-2-12-8-5-3-7(4-6-8)9(10)11/h3-6,12H,2H2,1H3,(H2,10,11). The number of carbonyl (C=O) groups is 1. The maximum absolute atomic E-state index is 10.7. The Morgan fingerprint density at radius 2 is 2.00 bits per heavy atom. The Hall–Kier alpha value is -0.880. The summed E-state index contributed by atoms with van der Waals surface area (Å²) in [5, 5.41) is 1.28. The summed E-state index contributed by atoms with van der Waals surface area (Å²) >= 11 is 0. The minimum atomic E-state index is -0.360. The summed E-state index contributed by atoms with van der Waals surface area (Å²) < 4.78 is 0. The summed E-state index contributed by atoms with van der Waals surface area (Å²) in [7, 11) is 0.825.